The van der Waals surface area contributed by atoms with Crippen molar-refractivity contribution in [2.24, 2.45) is 5.92 Å². The molecule has 1 N–H and O–H groups in total. The molecule has 3 fully saturated rings. The first-order valence-corrected chi connectivity index (χ1v) is 12.9. The van der Waals surface area contributed by atoms with Gasteiger partial charge in [0.05, 0.1) is 5.37 Å². The van der Waals surface area contributed by atoms with Gasteiger partial charge in [-0.3, -0.25) is 9.59 Å². The van der Waals surface area contributed by atoms with E-state index in [1.165, 1.54) is 50.7 Å². The number of nitrogens with zero attached hydrogens (tertiary/aromatic N) is 2. The summed E-state index contributed by atoms with van der Waals surface area (Å²) >= 11 is 1.72. The molecule has 3 aliphatic rings. The molecule has 7 heteroatoms. The van der Waals surface area contributed by atoms with Gasteiger partial charge in [0.25, 0.3) is 5.91 Å². The van der Waals surface area contributed by atoms with Crippen LogP contribution in [-0.2, 0) is 4.79 Å². The van der Waals surface area contributed by atoms with Crippen LogP contribution in [0.1, 0.15) is 61.7 Å². The third-order valence-corrected chi connectivity index (χ3v) is 8.33. The summed E-state index contributed by atoms with van der Waals surface area (Å²) in [5.41, 5.74) is 0.328. The van der Waals surface area contributed by atoms with Crippen LogP contribution in [0.4, 0.5) is 4.39 Å². The Balaban J connectivity index is 1.45. The molecule has 2 heterocycles. The molecule has 0 radical (unpaired) electrons. The number of thioether (sulfide) groups is 1. The predicted molar refractivity (Wildman–Crippen MR) is 122 cm³/mol. The van der Waals surface area contributed by atoms with Crippen molar-refractivity contribution < 1.29 is 14.0 Å². The lowest BCUT2D eigenvalue weighted by Crippen LogP contribution is -2.52. The van der Waals surface area contributed by atoms with Crippen molar-refractivity contribution in [3.63, 3.8) is 0 Å². The number of carbonyl (C=O) groups is 2. The average molecular weight is 448 g/mol. The van der Waals surface area contributed by atoms with E-state index in [4.69, 9.17) is 0 Å². The van der Waals surface area contributed by atoms with Gasteiger partial charge in [-0.05, 0) is 62.9 Å². The molecule has 2 atom stereocenters. The number of rotatable bonds is 6. The number of carbonyl (C=O) groups excluding carboxylic acids is 2. The van der Waals surface area contributed by atoms with Crippen molar-refractivity contribution in [1.29, 1.82) is 0 Å². The van der Waals surface area contributed by atoms with Crippen molar-refractivity contribution in [3.8, 4) is 0 Å². The van der Waals surface area contributed by atoms with Crippen LogP contribution >= 0.6 is 11.8 Å². The highest BCUT2D eigenvalue weighted by Gasteiger charge is 2.45. The van der Waals surface area contributed by atoms with Crippen LogP contribution in [-0.4, -0.2) is 65.0 Å². The normalized spacial score (nSPS) is 25.5. The highest BCUT2D eigenvalue weighted by Crippen LogP contribution is 2.41. The summed E-state index contributed by atoms with van der Waals surface area (Å²) in [5.74, 6) is 0.290. The van der Waals surface area contributed by atoms with Crippen LogP contribution in [0.3, 0.4) is 0 Å². The molecule has 1 aromatic carbocycles. The minimum absolute atomic E-state index is 0.00564. The van der Waals surface area contributed by atoms with Crippen molar-refractivity contribution in [3.05, 3.63) is 35.6 Å². The van der Waals surface area contributed by atoms with Crippen LogP contribution in [0.15, 0.2) is 24.3 Å². The van der Waals surface area contributed by atoms with Crippen molar-refractivity contribution >= 4 is 23.6 Å². The van der Waals surface area contributed by atoms with E-state index in [0.29, 0.717) is 23.8 Å². The van der Waals surface area contributed by atoms with Gasteiger partial charge in [-0.15, -0.1) is 11.8 Å². The van der Waals surface area contributed by atoms with Crippen molar-refractivity contribution in [2.75, 3.05) is 31.9 Å². The second-order valence-corrected chi connectivity index (χ2v) is 10.2. The molecule has 2 aliphatic heterocycles. The predicted octanol–water partition coefficient (Wildman–Crippen LogP) is 3.89. The van der Waals surface area contributed by atoms with Gasteiger partial charge in [0, 0.05) is 24.4 Å². The fraction of sp³-hybridized carbons (Fsp3) is 0.667. The van der Waals surface area contributed by atoms with E-state index in [0.717, 1.165) is 32.5 Å². The number of halogens is 1. The molecule has 0 spiro atoms. The first-order valence-electron chi connectivity index (χ1n) is 11.8. The van der Waals surface area contributed by atoms with Crippen LogP contribution in [0.5, 0.6) is 0 Å². The smallest absolute Gasteiger partial charge is 0.255 e. The van der Waals surface area contributed by atoms with E-state index >= 15 is 0 Å². The van der Waals surface area contributed by atoms with Crippen LogP contribution in [0, 0.1) is 11.7 Å². The zero-order valence-electron chi connectivity index (χ0n) is 18.2. The molecule has 1 aliphatic carbocycles. The number of amides is 2. The lowest BCUT2D eigenvalue weighted by Gasteiger charge is -2.35. The zero-order chi connectivity index (χ0) is 21.6. The molecule has 0 unspecified atom stereocenters. The fourth-order valence-electron chi connectivity index (χ4n) is 5.18. The molecule has 2 saturated heterocycles. The Labute approximate surface area is 189 Å². The summed E-state index contributed by atoms with van der Waals surface area (Å²) in [5, 5.41) is 3.08. The number of piperidine rings is 1. The molecule has 0 aromatic heterocycles. The maximum Gasteiger partial charge on any atom is 0.255 e. The number of nitrogens with one attached hydrogen (secondary N) is 1. The lowest BCUT2D eigenvalue weighted by molar-refractivity contribution is -0.125. The largest absolute Gasteiger partial charge is 0.353 e. The van der Waals surface area contributed by atoms with Gasteiger partial charge < -0.3 is 15.1 Å². The topological polar surface area (TPSA) is 52.7 Å². The van der Waals surface area contributed by atoms with Gasteiger partial charge in [-0.1, -0.05) is 31.7 Å². The van der Waals surface area contributed by atoms with Gasteiger partial charge in [-0.25, -0.2) is 4.39 Å². The van der Waals surface area contributed by atoms with E-state index in [9.17, 15) is 14.0 Å². The Bertz CT molecular complexity index is 765. The number of hydrogen-bond acceptors (Lipinski definition) is 4. The van der Waals surface area contributed by atoms with Gasteiger partial charge >= 0.3 is 0 Å². The Morgan fingerprint density at radius 3 is 2.55 bits per heavy atom. The van der Waals surface area contributed by atoms with Gasteiger partial charge in [0.15, 0.2) is 0 Å². The summed E-state index contributed by atoms with van der Waals surface area (Å²) in [6, 6.07) is 5.36. The van der Waals surface area contributed by atoms with E-state index in [2.05, 4.69) is 10.2 Å². The van der Waals surface area contributed by atoms with Crippen LogP contribution < -0.4 is 5.32 Å². The minimum atomic E-state index is -0.492. The number of benzene rings is 1. The Kier molecular flexibility index (Phi) is 7.88. The van der Waals surface area contributed by atoms with Crippen molar-refractivity contribution in [2.45, 2.75) is 62.8 Å². The van der Waals surface area contributed by atoms with Crippen LogP contribution in [0.2, 0.25) is 0 Å². The van der Waals surface area contributed by atoms with Gasteiger partial charge in [0.1, 0.15) is 11.9 Å². The minimum Gasteiger partial charge on any atom is -0.353 e. The second kappa shape index (κ2) is 10.8. The summed E-state index contributed by atoms with van der Waals surface area (Å²) in [6.45, 7) is 3.66. The first-order chi connectivity index (χ1) is 15.1. The molecular weight excluding hydrogens is 413 g/mol. The first kappa shape index (κ1) is 22.6. The van der Waals surface area contributed by atoms with E-state index < -0.39 is 11.9 Å². The highest BCUT2D eigenvalue weighted by molar-refractivity contribution is 8.00. The molecule has 0 bridgehead atoms. The zero-order valence-corrected chi connectivity index (χ0v) is 19.0. The SMILES string of the molecule is O=C(NCCN1CCCCC1)[C@@H]1CS[C@@H](C2CCCCC2)N1C(=O)c1cccc(F)c1. The standard InChI is InChI=1S/C24H34FN3O2S/c25-20-11-7-10-19(16-20)23(30)28-21(17-31-24(28)18-8-3-1-4-9-18)22(29)26-12-15-27-13-5-2-6-14-27/h7,10-11,16,18,21,24H,1-6,8-9,12-15,17H2,(H,26,29)/t21-,24-/m0/s1. The second-order valence-electron chi connectivity index (χ2n) is 9.05. The van der Waals surface area contributed by atoms with E-state index in [1.54, 1.807) is 28.8 Å². The maximum absolute atomic E-state index is 13.8. The molecular formula is C24H34FN3O2S. The third kappa shape index (κ3) is 5.61. The summed E-state index contributed by atoms with van der Waals surface area (Å²) in [7, 11) is 0. The lowest BCUT2D eigenvalue weighted by atomic mass is 9.88. The van der Waals surface area contributed by atoms with E-state index in [1.807, 2.05) is 0 Å². The molecule has 1 aromatic rings. The van der Waals surface area contributed by atoms with Gasteiger partial charge in [-0.2, -0.15) is 0 Å². The molecule has 1 saturated carbocycles. The molecule has 4 rings (SSSR count). The fourth-order valence-corrected chi connectivity index (χ4v) is 6.82. The highest BCUT2D eigenvalue weighted by atomic mass is 32.2. The third-order valence-electron chi connectivity index (χ3n) is 6.87. The maximum atomic E-state index is 13.8. The summed E-state index contributed by atoms with van der Waals surface area (Å²) < 4.78 is 13.8. The number of likely N-dealkylation sites (tertiary alicyclic amines) is 1. The number of hydrogen-bond donors (Lipinski definition) is 1. The summed E-state index contributed by atoms with van der Waals surface area (Å²) in [4.78, 5) is 30.7. The van der Waals surface area contributed by atoms with E-state index in [-0.39, 0.29) is 17.2 Å². The Morgan fingerprint density at radius 2 is 1.81 bits per heavy atom. The average Bonchev–Trinajstić information content (AvgIpc) is 3.25. The Morgan fingerprint density at radius 1 is 1.06 bits per heavy atom. The van der Waals surface area contributed by atoms with Gasteiger partial charge in [0.2, 0.25) is 5.91 Å². The molecule has 170 valence electrons. The molecule has 5 nitrogen and oxygen atoms in total. The molecule has 31 heavy (non-hydrogen) atoms. The quantitative estimate of drug-likeness (QED) is 0.719. The van der Waals surface area contributed by atoms with Crippen molar-refractivity contribution in [1.82, 2.24) is 15.1 Å². The molecule has 2 amide bonds. The monoisotopic (exact) mass is 447 g/mol. The Hall–Kier alpha value is -1.60. The van der Waals surface area contributed by atoms with Crippen LogP contribution in [0.25, 0.3) is 0 Å². The summed E-state index contributed by atoms with van der Waals surface area (Å²) in [6.07, 6.45) is 9.53.